The fraction of sp³-hybridized carbons (Fsp3) is 0.385. The Bertz CT molecular complexity index is 697. The zero-order valence-corrected chi connectivity index (χ0v) is 12.1. The Morgan fingerprint density at radius 1 is 1.29 bits per heavy atom. The van der Waals surface area contributed by atoms with Crippen molar-refractivity contribution < 1.29 is 28.2 Å². The van der Waals surface area contributed by atoms with Crippen molar-refractivity contribution in [2.75, 3.05) is 6.54 Å². The van der Waals surface area contributed by atoms with Crippen LogP contribution in [0.25, 0.3) is 0 Å². The van der Waals surface area contributed by atoms with E-state index in [0.717, 1.165) is 10.4 Å². The van der Waals surface area contributed by atoms with Gasteiger partial charge in [0.1, 0.15) is 6.04 Å². The van der Waals surface area contributed by atoms with E-state index in [-0.39, 0.29) is 23.4 Å². The number of nitrogens with zero attached hydrogens (tertiary/aromatic N) is 1. The molecule has 0 saturated carbocycles. The van der Waals surface area contributed by atoms with Crippen LogP contribution < -0.4 is 0 Å². The molecule has 1 saturated heterocycles. The van der Waals surface area contributed by atoms with Gasteiger partial charge in [-0.25, -0.2) is 13.2 Å². The molecule has 0 unspecified atom stereocenters. The first-order valence-corrected chi connectivity index (χ1v) is 7.77. The van der Waals surface area contributed by atoms with Gasteiger partial charge in [0.2, 0.25) is 10.0 Å². The second kappa shape index (κ2) is 5.45. The highest BCUT2D eigenvalue weighted by atomic mass is 32.2. The summed E-state index contributed by atoms with van der Waals surface area (Å²) in [5.41, 5.74) is 0.237. The van der Waals surface area contributed by atoms with Gasteiger partial charge in [-0.3, -0.25) is 4.79 Å². The molecule has 7 nitrogen and oxygen atoms in total. The van der Waals surface area contributed by atoms with E-state index in [9.17, 15) is 18.0 Å². The molecule has 114 valence electrons. The molecule has 1 aliphatic heterocycles. The molecule has 0 amide bonds. The molecular weight excluding hydrogens is 298 g/mol. The van der Waals surface area contributed by atoms with Gasteiger partial charge in [-0.2, -0.15) is 4.31 Å². The molecule has 1 fully saturated rings. The quantitative estimate of drug-likeness (QED) is 0.855. The molecule has 1 heterocycles. The second-order valence-electron chi connectivity index (χ2n) is 4.90. The molecule has 21 heavy (non-hydrogen) atoms. The maximum absolute atomic E-state index is 12.6. The third kappa shape index (κ3) is 2.77. The van der Waals surface area contributed by atoms with Crippen molar-refractivity contribution in [2.45, 2.75) is 30.7 Å². The Labute approximate surface area is 121 Å². The number of carboxylic acids is 2. The number of rotatable bonds is 4. The van der Waals surface area contributed by atoms with Gasteiger partial charge in [0, 0.05) is 6.54 Å². The first-order chi connectivity index (χ1) is 9.75. The van der Waals surface area contributed by atoms with Crippen molar-refractivity contribution in [3.05, 3.63) is 29.3 Å². The lowest BCUT2D eigenvalue weighted by molar-refractivity contribution is -0.140. The predicted octanol–water partition coefficient (Wildman–Crippen LogP) is 0.931. The highest BCUT2D eigenvalue weighted by Gasteiger charge is 2.40. The SMILES string of the molecule is Cc1ccc(C(=O)O)cc1S(=O)(=O)N1CCC[C@H]1C(=O)O. The standard InChI is InChI=1S/C13H15NO6S/c1-8-4-5-9(12(15)16)7-11(8)21(19,20)14-6-2-3-10(14)13(17)18/h4-5,7,10H,2-3,6H2,1H3,(H,15,16)(H,17,18)/t10-/m0/s1. The number of carboxylic acid groups (broad SMARTS) is 2. The lowest BCUT2D eigenvalue weighted by atomic mass is 10.1. The Morgan fingerprint density at radius 2 is 1.95 bits per heavy atom. The summed E-state index contributed by atoms with van der Waals surface area (Å²) in [7, 11) is -4.03. The molecule has 1 atom stereocenters. The molecule has 1 aromatic carbocycles. The Kier molecular flexibility index (Phi) is 4.02. The van der Waals surface area contributed by atoms with E-state index in [4.69, 9.17) is 10.2 Å². The van der Waals surface area contributed by atoms with Crippen molar-refractivity contribution in [2.24, 2.45) is 0 Å². The highest BCUT2D eigenvalue weighted by Crippen LogP contribution is 2.28. The summed E-state index contributed by atoms with van der Waals surface area (Å²) in [5.74, 6) is -2.43. The summed E-state index contributed by atoms with van der Waals surface area (Å²) < 4.78 is 26.2. The summed E-state index contributed by atoms with van der Waals surface area (Å²) in [6.45, 7) is 1.67. The lowest BCUT2D eigenvalue weighted by Crippen LogP contribution is -2.40. The van der Waals surface area contributed by atoms with Gasteiger partial charge in [0.05, 0.1) is 10.5 Å². The number of hydrogen-bond acceptors (Lipinski definition) is 4. The molecule has 1 aliphatic rings. The van der Waals surface area contributed by atoms with Crippen LogP contribution in [0, 0.1) is 6.92 Å². The fourth-order valence-electron chi connectivity index (χ4n) is 2.41. The van der Waals surface area contributed by atoms with Crippen molar-refractivity contribution >= 4 is 22.0 Å². The topological polar surface area (TPSA) is 112 Å². The van der Waals surface area contributed by atoms with Crippen LogP contribution in [-0.4, -0.2) is 47.5 Å². The summed E-state index contributed by atoms with van der Waals surface area (Å²) >= 11 is 0. The van der Waals surface area contributed by atoms with Crippen molar-refractivity contribution in [3.8, 4) is 0 Å². The Morgan fingerprint density at radius 3 is 2.52 bits per heavy atom. The molecule has 2 rings (SSSR count). The van der Waals surface area contributed by atoms with E-state index in [2.05, 4.69) is 0 Å². The van der Waals surface area contributed by atoms with Gasteiger partial charge in [-0.15, -0.1) is 0 Å². The van der Waals surface area contributed by atoms with Gasteiger partial charge in [-0.05, 0) is 37.5 Å². The minimum absolute atomic E-state index is 0.121. The molecule has 0 spiro atoms. The van der Waals surface area contributed by atoms with Crippen LogP contribution in [0.5, 0.6) is 0 Å². The van der Waals surface area contributed by atoms with Crippen LogP contribution in [0.1, 0.15) is 28.8 Å². The van der Waals surface area contributed by atoms with Crippen LogP contribution in [0.2, 0.25) is 0 Å². The summed E-state index contributed by atoms with van der Waals surface area (Å²) in [5, 5.41) is 18.1. The van der Waals surface area contributed by atoms with E-state index in [0.29, 0.717) is 12.0 Å². The molecule has 0 radical (unpaired) electrons. The van der Waals surface area contributed by atoms with E-state index in [1.54, 1.807) is 6.92 Å². The van der Waals surface area contributed by atoms with Crippen LogP contribution in [0.15, 0.2) is 23.1 Å². The number of hydrogen-bond donors (Lipinski definition) is 2. The van der Waals surface area contributed by atoms with E-state index in [1.165, 1.54) is 12.1 Å². The minimum Gasteiger partial charge on any atom is -0.480 e. The van der Waals surface area contributed by atoms with Crippen LogP contribution in [0.3, 0.4) is 0 Å². The molecule has 1 aromatic rings. The number of sulfonamides is 1. The molecular formula is C13H15NO6S. The first kappa shape index (κ1) is 15.5. The number of carbonyl (C=O) groups is 2. The summed E-state index contributed by atoms with van der Waals surface area (Å²) in [6, 6.07) is 2.70. The highest BCUT2D eigenvalue weighted by molar-refractivity contribution is 7.89. The van der Waals surface area contributed by atoms with Crippen LogP contribution >= 0.6 is 0 Å². The first-order valence-electron chi connectivity index (χ1n) is 6.33. The molecule has 2 N–H and O–H groups in total. The second-order valence-corrected chi connectivity index (χ2v) is 6.76. The van der Waals surface area contributed by atoms with E-state index >= 15 is 0 Å². The number of benzene rings is 1. The van der Waals surface area contributed by atoms with Gasteiger partial charge >= 0.3 is 11.9 Å². The fourth-order valence-corrected chi connectivity index (χ4v) is 4.32. The smallest absolute Gasteiger partial charge is 0.335 e. The monoisotopic (exact) mass is 313 g/mol. The van der Waals surface area contributed by atoms with Gasteiger partial charge in [0.25, 0.3) is 0 Å². The zero-order chi connectivity index (χ0) is 15.8. The van der Waals surface area contributed by atoms with Gasteiger partial charge in [0.15, 0.2) is 0 Å². The molecule has 0 aliphatic carbocycles. The van der Waals surface area contributed by atoms with E-state index in [1.807, 2.05) is 0 Å². The lowest BCUT2D eigenvalue weighted by Gasteiger charge is -2.22. The Balaban J connectivity index is 2.51. The predicted molar refractivity (Wildman–Crippen MR) is 72.7 cm³/mol. The van der Waals surface area contributed by atoms with Crippen LogP contribution in [0.4, 0.5) is 0 Å². The minimum atomic E-state index is -4.03. The average Bonchev–Trinajstić information content (AvgIpc) is 2.88. The van der Waals surface area contributed by atoms with Gasteiger partial charge in [-0.1, -0.05) is 6.07 Å². The maximum atomic E-state index is 12.6. The maximum Gasteiger partial charge on any atom is 0.335 e. The molecule has 0 aromatic heterocycles. The van der Waals surface area contributed by atoms with Crippen molar-refractivity contribution in [1.29, 1.82) is 0 Å². The summed E-state index contributed by atoms with van der Waals surface area (Å²) in [4.78, 5) is 22.0. The largest absolute Gasteiger partial charge is 0.480 e. The average molecular weight is 313 g/mol. The van der Waals surface area contributed by atoms with Crippen molar-refractivity contribution in [1.82, 2.24) is 4.31 Å². The van der Waals surface area contributed by atoms with Crippen LogP contribution in [-0.2, 0) is 14.8 Å². The third-order valence-electron chi connectivity index (χ3n) is 3.51. The van der Waals surface area contributed by atoms with E-state index < -0.39 is 28.0 Å². The normalized spacial score (nSPS) is 19.6. The molecule has 8 heteroatoms. The number of aryl methyl sites for hydroxylation is 1. The Hall–Kier alpha value is -1.93. The zero-order valence-electron chi connectivity index (χ0n) is 11.3. The summed E-state index contributed by atoms with van der Waals surface area (Å²) in [6.07, 6.45) is 0.722. The van der Waals surface area contributed by atoms with Crippen molar-refractivity contribution in [3.63, 3.8) is 0 Å². The van der Waals surface area contributed by atoms with Gasteiger partial charge < -0.3 is 10.2 Å². The third-order valence-corrected chi connectivity index (χ3v) is 5.56. The molecule has 0 bridgehead atoms. The number of aliphatic carboxylic acids is 1. The number of aromatic carboxylic acids is 1.